The molecule has 3 rings (SSSR count). The van der Waals surface area contributed by atoms with E-state index in [1.54, 1.807) is 4.90 Å². The first-order valence-corrected chi connectivity index (χ1v) is 8.11. The first kappa shape index (κ1) is 14.3. The third-order valence-electron chi connectivity index (χ3n) is 4.79. The molecule has 1 saturated heterocycles. The van der Waals surface area contributed by atoms with Crippen LogP contribution in [0.3, 0.4) is 0 Å². The third kappa shape index (κ3) is 2.88. The highest BCUT2D eigenvalue weighted by Crippen LogP contribution is 2.15. The molecular weight excluding hydrogens is 260 g/mol. The van der Waals surface area contributed by atoms with Crippen LogP contribution in [0.1, 0.15) is 42.5 Å². The van der Waals surface area contributed by atoms with Crippen LogP contribution in [0.2, 0.25) is 0 Å². The summed E-state index contributed by atoms with van der Waals surface area (Å²) in [5, 5.41) is 0.838. The van der Waals surface area contributed by atoms with Gasteiger partial charge in [0.15, 0.2) is 5.43 Å². The fourth-order valence-electron chi connectivity index (χ4n) is 3.49. The summed E-state index contributed by atoms with van der Waals surface area (Å²) in [4.78, 5) is 17.9. The molecule has 0 aliphatic carbocycles. The largest absolute Gasteiger partial charge is 0.358 e. The number of H-pyrrole nitrogens is 1. The van der Waals surface area contributed by atoms with Gasteiger partial charge in [0.25, 0.3) is 0 Å². The van der Waals surface area contributed by atoms with E-state index >= 15 is 0 Å². The van der Waals surface area contributed by atoms with E-state index in [1.165, 1.54) is 38.8 Å². The van der Waals surface area contributed by atoms with Gasteiger partial charge in [-0.25, -0.2) is 0 Å². The van der Waals surface area contributed by atoms with Crippen LogP contribution < -0.4 is 10.3 Å². The number of aromatic amines is 1. The molecule has 1 aliphatic rings. The first-order chi connectivity index (χ1) is 10.2. The van der Waals surface area contributed by atoms with Crippen molar-refractivity contribution >= 4 is 10.9 Å². The zero-order valence-electron chi connectivity index (χ0n) is 13.1. The van der Waals surface area contributed by atoms with E-state index in [4.69, 9.17) is 0 Å². The minimum absolute atomic E-state index is 0.224. The van der Waals surface area contributed by atoms with Gasteiger partial charge < -0.3 is 9.88 Å². The minimum Gasteiger partial charge on any atom is -0.358 e. The second-order valence-electron chi connectivity index (χ2n) is 6.40. The molecule has 0 spiro atoms. The van der Waals surface area contributed by atoms with Crippen LogP contribution in [0.5, 0.6) is 0 Å². The van der Waals surface area contributed by atoms with Crippen molar-refractivity contribution in [2.24, 2.45) is 0 Å². The van der Waals surface area contributed by atoms with Crippen molar-refractivity contribution in [1.29, 1.82) is 0 Å². The van der Waals surface area contributed by atoms with Crippen molar-refractivity contribution in [2.45, 2.75) is 46.1 Å². The Morgan fingerprint density at radius 1 is 1.10 bits per heavy atom. The summed E-state index contributed by atoms with van der Waals surface area (Å²) >= 11 is 0. The van der Waals surface area contributed by atoms with Gasteiger partial charge in [-0.3, -0.25) is 4.79 Å². The molecule has 1 aromatic heterocycles. The molecule has 0 bridgehead atoms. The zero-order valence-corrected chi connectivity index (χ0v) is 13.1. The van der Waals surface area contributed by atoms with Crippen molar-refractivity contribution in [3.05, 3.63) is 45.2 Å². The Balaban J connectivity index is 2.00. The van der Waals surface area contributed by atoms with Gasteiger partial charge in [0, 0.05) is 11.1 Å². The number of rotatable bonds is 2. The number of quaternary nitrogens is 1. The Kier molecular flexibility index (Phi) is 4.11. The average molecular weight is 285 g/mol. The van der Waals surface area contributed by atoms with Crippen LogP contribution in [-0.2, 0) is 6.54 Å². The van der Waals surface area contributed by atoms with Crippen molar-refractivity contribution in [3.63, 3.8) is 0 Å². The van der Waals surface area contributed by atoms with Crippen molar-refractivity contribution in [2.75, 3.05) is 13.1 Å². The quantitative estimate of drug-likeness (QED) is 0.871. The molecule has 112 valence electrons. The molecule has 1 fully saturated rings. The van der Waals surface area contributed by atoms with Crippen LogP contribution in [0.15, 0.2) is 23.0 Å². The summed E-state index contributed by atoms with van der Waals surface area (Å²) < 4.78 is 0. The van der Waals surface area contributed by atoms with Crippen LogP contribution in [0.4, 0.5) is 0 Å². The van der Waals surface area contributed by atoms with E-state index < -0.39 is 0 Å². The molecule has 1 aromatic carbocycles. The number of nitrogens with one attached hydrogen (secondary N) is 2. The lowest BCUT2D eigenvalue weighted by Crippen LogP contribution is -3.10. The monoisotopic (exact) mass is 285 g/mol. The lowest BCUT2D eigenvalue weighted by Gasteiger charge is -2.18. The number of hydrogen-bond acceptors (Lipinski definition) is 1. The second-order valence-corrected chi connectivity index (χ2v) is 6.40. The minimum atomic E-state index is 0.224. The molecule has 0 radical (unpaired) electrons. The van der Waals surface area contributed by atoms with Gasteiger partial charge in [-0.2, -0.15) is 0 Å². The molecule has 1 aliphatic heterocycles. The molecule has 3 nitrogen and oxygen atoms in total. The summed E-state index contributed by atoms with van der Waals surface area (Å²) in [6.07, 6.45) is 5.27. The number of fused-ring (bicyclic) bond motifs is 1. The van der Waals surface area contributed by atoms with Crippen LogP contribution in [-0.4, -0.2) is 18.1 Å². The van der Waals surface area contributed by atoms with Crippen molar-refractivity contribution in [1.82, 2.24) is 4.98 Å². The number of likely N-dealkylation sites (tertiary alicyclic amines) is 1. The maximum Gasteiger partial charge on any atom is 0.198 e. The number of pyridine rings is 1. The van der Waals surface area contributed by atoms with Gasteiger partial charge in [-0.1, -0.05) is 12.1 Å². The molecule has 0 amide bonds. The molecule has 0 unspecified atom stereocenters. The maximum atomic E-state index is 12.8. The van der Waals surface area contributed by atoms with Crippen molar-refractivity contribution < 1.29 is 4.90 Å². The van der Waals surface area contributed by atoms with Gasteiger partial charge in [-0.05, 0) is 51.2 Å². The highest BCUT2D eigenvalue weighted by Gasteiger charge is 2.18. The van der Waals surface area contributed by atoms with Gasteiger partial charge in [0.2, 0.25) is 0 Å². The lowest BCUT2D eigenvalue weighted by molar-refractivity contribution is -0.913. The van der Waals surface area contributed by atoms with E-state index in [2.05, 4.69) is 18.0 Å². The highest BCUT2D eigenvalue weighted by molar-refractivity contribution is 5.82. The van der Waals surface area contributed by atoms with E-state index in [0.717, 1.165) is 34.3 Å². The smallest absolute Gasteiger partial charge is 0.198 e. The van der Waals surface area contributed by atoms with Gasteiger partial charge in [0.05, 0.1) is 24.2 Å². The molecule has 2 heterocycles. The topological polar surface area (TPSA) is 37.3 Å². The van der Waals surface area contributed by atoms with Crippen molar-refractivity contribution in [3.8, 4) is 0 Å². The standard InChI is InChI=1S/C18H24N2O/c1-13-8-7-9-15-17(13)19-14(2)16(18(15)21)12-20-10-5-3-4-6-11-20/h7-9H,3-6,10-12H2,1-2H3,(H,19,21)/p+1. The first-order valence-electron chi connectivity index (χ1n) is 8.11. The molecule has 3 heteroatoms. The summed E-state index contributed by atoms with van der Waals surface area (Å²) in [5.74, 6) is 0. The predicted molar refractivity (Wildman–Crippen MR) is 86.9 cm³/mol. The van der Waals surface area contributed by atoms with E-state index in [1.807, 2.05) is 19.1 Å². The van der Waals surface area contributed by atoms with Gasteiger partial charge in [0.1, 0.15) is 6.54 Å². The third-order valence-corrected chi connectivity index (χ3v) is 4.79. The van der Waals surface area contributed by atoms with Crippen LogP contribution in [0, 0.1) is 13.8 Å². The normalized spacial score (nSPS) is 17.0. The number of aryl methyl sites for hydroxylation is 2. The Morgan fingerprint density at radius 2 is 1.81 bits per heavy atom. The summed E-state index contributed by atoms with van der Waals surface area (Å²) in [6.45, 7) is 7.36. The Morgan fingerprint density at radius 3 is 2.52 bits per heavy atom. The van der Waals surface area contributed by atoms with E-state index in [9.17, 15) is 4.79 Å². The molecule has 2 N–H and O–H groups in total. The number of para-hydroxylation sites is 1. The van der Waals surface area contributed by atoms with Crippen LogP contribution >= 0.6 is 0 Å². The SMILES string of the molecule is Cc1[nH]c2c(C)cccc2c(=O)c1C[NH+]1CCCCCC1. The van der Waals surface area contributed by atoms with E-state index in [0.29, 0.717) is 0 Å². The fraction of sp³-hybridized carbons (Fsp3) is 0.500. The lowest BCUT2D eigenvalue weighted by atomic mass is 10.1. The Labute approximate surface area is 126 Å². The molecule has 0 saturated carbocycles. The van der Waals surface area contributed by atoms with E-state index in [-0.39, 0.29) is 5.43 Å². The fourth-order valence-corrected chi connectivity index (χ4v) is 3.49. The summed E-state index contributed by atoms with van der Waals surface area (Å²) in [7, 11) is 0. The number of benzene rings is 1. The molecule has 21 heavy (non-hydrogen) atoms. The second kappa shape index (κ2) is 6.02. The average Bonchev–Trinajstić information content (AvgIpc) is 2.73. The van der Waals surface area contributed by atoms with Crippen LogP contribution in [0.25, 0.3) is 10.9 Å². The molecule has 0 atom stereocenters. The summed E-state index contributed by atoms with van der Waals surface area (Å²) in [5.41, 5.74) is 4.38. The number of hydrogen-bond donors (Lipinski definition) is 2. The predicted octanol–water partition coefficient (Wildman–Crippen LogP) is 2.10. The highest BCUT2D eigenvalue weighted by atomic mass is 16.1. The zero-order chi connectivity index (χ0) is 14.8. The number of aromatic nitrogens is 1. The Bertz CT molecular complexity index is 694. The van der Waals surface area contributed by atoms with Gasteiger partial charge in [-0.15, -0.1) is 0 Å². The Hall–Kier alpha value is -1.61. The van der Waals surface area contributed by atoms with Gasteiger partial charge >= 0.3 is 0 Å². The molecular formula is C18H25N2O+. The summed E-state index contributed by atoms with van der Waals surface area (Å²) in [6, 6.07) is 5.98. The maximum absolute atomic E-state index is 12.8. The molecule has 2 aromatic rings.